The van der Waals surface area contributed by atoms with E-state index in [-0.39, 0.29) is 6.04 Å². The normalized spacial score (nSPS) is 12.4. The molecule has 0 radical (unpaired) electrons. The first kappa shape index (κ1) is 11.0. The predicted octanol–water partition coefficient (Wildman–Crippen LogP) is 2.94. The number of nitrogens with zero attached hydrogens (tertiary/aromatic N) is 2. The Kier molecular flexibility index (Phi) is 3.10. The molecule has 1 unspecified atom stereocenters. The first-order valence-corrected chi connectivity index (χ1v) is 5.42. The molecule has 2 rings (SSSR count). The van der Waals surface area contributed by atoms with Gasteiger partial charge >= 0.3 is 0 Å². The lowest BCUT2D eigenvalue weighted by Crippen LogP contribution is -2.08. The van der Waals surface area contributed by atoms with Crippen LogP contribution in [0.4, 0.5) is 5.69 Å². The number of rotatable bonds is 3. The zero-order chi connectivity index (χ0) is 11.5. The largest absolute Gasteiger partial charge is 0.374 e. The summed E-state index contributed by atoms with van der Waals surface area (Å²) in [5.74, 6) is 0. The molecular formula is C11H13ClN4. The Morgan fingerprint density at radius 2 is 2.31 bits per heavy atom. The molecule has 16 heavy (non-hydrogen) atoms. The standard InChI is InChI=1S/C11H13ClN4/c1-7-5-10(11(12)13-6-7)15-8(2)9-3-4-14-16-9/h3-6,8,15H,1-2H3,(H,14,16). The second-order valence-corrected chi connectivity index (χ2v) is 4.09. The van der Waals surface area contributed by atoms with Crippen LogP contribution in [0.1, 0.15) is 24.2 Å². The van der Waals surface area contributed by atoms with Crippen molar-refractivity contribution in [2.75, 3.05) is 5.32 Å². The number of anilines is 1. The van der Waals surface area contributed by atoms with Crippen LogP contribution in [0.3, 0.4) is 0 Å². The van der Waals surface area contributed by atoms with Gasteiger partial charge in [-0.05, 0) is 31.5 Å². The van der Waals surface area contributed by atoms with Crippen LogP contribution in [0, 0.1) is 6.92 Å². The van der Waals surface area contributed by atoms with Gasteiger partial charge in [-0.3, -0.25) is 5.10 Å². The smallest absolute Gasteiger partial charge is 0.152 e. The van der Waals surface area contributed by atoms with Crippen LogP contribution >= 0.6 is 11.6 Å². The van der Waals surface area contributed by atoms with Crippen molar-refractivity contribution in [1.82, 2.24) is 15.2 Å². The van der Waals surface area contributed by atoms with E-state index in [0.717, 1.165) is 16.9 Å². The molecule has 0 amide bonds. The van der Waals surface area contributed by atoms with Crippen molar-refractivity contribution in [3.63, 3.8) is 0 Å². The molecule has 2 aromatic heterocycles. The van der Waals surface area contributed by atoms with Crippen LogP contribution in [0.15, 0.2) is 24.5 Å². The summed E-state index contributed by atoms with van der Waals surface area (Å²) in [6.45, 7) is 4.02. The minimum Gasteiger partial charge on any atom is -0.374 e. The van der Waals surface area contributed by atoms with Gasteiger partial charge in [0.25, 0.3) is 0 Å². The fourth-order valence-electron chi connectivity index (χ4n) is 1.47. The highest BCUT2D eigenvalue weighted by Gasteiger charge is 2.09. The van der Waals surface area contributed by atoms with Crippen molar-refractivity contribution in [3.8, 4) is 0 Å². The second kappa shape index (κ2) is 4.53. The summed E-state index contributed by atoms with van der Waals surface area (Å²) < 4.78 is 0. The van der Waals surface area contributed by atoms with Crippen LogP contribution in [0.25, 0.3) is 0 Å². The number of H-pyrrole nitrogens is 1. The lowest BCUT2D eigenvalue weighted by atomic mass is 10.2. The molecule has 4 nitrogen and oxygen atoms in total. The number of hydrogen-bond donors (Lipinski definition) is 2. The molecule has 0 aliphatic carbocycles. The Balaban J connectivity index is 2.17. The summed E-state index contributed by atoms with van der Waals surface area (Å²) in [5.41, 5.74) is 2.92. The zero-order valence-electron chi connectivity index (χ0n) is 9.16. The van der Waals surface area contributed by atoms with E-state index in [2.05, 4.69) is 20.5 Å². The Hall–Kier alpha value is -1.55. The second-order valence-electron chi connectivity index (χ2n) is 3.73. The van der Waals surface area contributed by atoms with Crippen LogP contribution in [-0.4, -0.2) is 15.2 Å². The van der Waals surface area contributed by atoms with E-state index < -0.39 is 0 Å². The first-order valence-electron chi connectivity index (χ1n) is 5.05. The highest BCUT2D eigenvalue weighted by molar-refractivity contribution is 6.31. The van der Waals surface area contributed by atoms with Crippen LogP contribution in [0.5, 0.6) is 0 Å². The highest BCUT2D eigenvalue weighted by Crippen LogP contribution is 2.24. The molecule has 2 heterocycles. The topological polar surface area (TPSA) is 53.6 Å². The molecule has 5 heteroatoms. The third kappa shape index (κ3) is 2.33. The van der Waals surface area contributed by atoms with Crippen LogP contribution < -0.4 is 5.32 Å². The Labute approximate surface area is 99.1 Å². The maximum Gasteiger partial charge on any atom is 0.152 e. The molecule has 0 spiro atoms. The van der Waals surface area contributed by atoms with E-state index in [9.17, 15) is 0 Å². The molecular weight excluding hydrogens is 224 g/mol. The van der Waals surface area contributed by atoms with E-state index in [1.807, 2.05) is 26.0 Å². The fourth-order valence-corrected chi connectivity index (χ4v) is 1.63. The summed E-state index contributed by atoms with van der Waals surface area (Å²) in [4.78, 5) is 4.09. The number of pyridine rings is 1. The van der Waals surface area contributed by atoms with Gasteiger partial charge in [0, 0.05) is 12.4 Å². The summed E-state index contributed by atoms with van der Waals surface area (Å²) in [6, 6.07) is 4.01. The molecule has 0 bridgehead atoms. The van der Waals surface area contributed by atoms with Gasteiger partial charge in [0.2, 0.25) is 0 Å². The van der Waals surface area contributed by atoms with Crippen LogP contribution in [0.2, 0.25) is 5.15 Å². The van der Waals surface area contributed by atoms with Gasteiger partial charge in [-0.2, -0.15) is 5.10 Å². The summed E-state index contributed by atoms with van der Waals surface area (Å²) in [5, 5.41) is 10.6. The Morgan fingerprint density at radius 3 is 3.00 bits per heavy atom. The molecule has 1 atom stereocenters. The lowest BCUT2D eigenvalue weighted by molar-refractivity contribution is 0.824. The van der Waals surface area contributed by atoms with Gasteiger partial charge in [0.1, 0.15) is 0 Å². The monoisotopic (exact) mass is 236 g/mol. The van der Waals surface area contributed by atoms with E-state index in [4.69, 9.17) is 11.6 Å². The van der Waals surface area contributed by atoms with Crippen molar-refractivity contribution in [2.45, 2.75) is 19.9 Å². The van der Waals surface area contributed by atoms with E-state index in [1.165, 1.54) is 0 Å². The average Bonchev–Trinajstić information content (AvgIpc) is 2.76. The van der Waals surface area contributed by atoms with E-state index in [0.29, 0.717) is 5.15 Å². The minimum atomic E-state index is 0.114. The quantitative estimate of drug-likeness (QED) is 0.806. The Bertz CT molecular complexity index is 467. The van der Waals surface area contributed by atoms with Crippen molar-refractivity contribution in [2.24, 2.45) is 0 Å². The number of aromatic nitrogens is 3. The van der Waals surface area contributed by atoms with Gasteiger partial charge in [-0.15, -0.1) is 0 Å². The van der Waals surface area contributed by atoms with Crippen molar-refractivity contribution in [3.05, 3.63) is 40.9 Å². The van der Waals surface area contributed by atoms with Gasteiger partial charge < -0.3 is 5.32 Å². The zero-order valence-corrected chi connectivity index (χ0v) is 9.92. The Morgan fingerprint density at radius 1 is 1.50 bits per heavy atom. The molecule has 2 aromatic rings. The maximum absolute atomic E-state index is 6.00. The molecule has 2 N–H and O–H groups in total. The van der Waals surface area contributed by atoms with Crippen molar-refractivity contribution < 1.29 is 0 Å². The van der Waals surface area contributed by atoms with Crippen molar-refractivity contribution >= 4 is 17.3 Å². The molecule has 0 fully saturated rings. The van der Waals surface area contributed by atoms with E-state index >= 15 is 0 Å². The minimum absolute atomic E-state index is 0.114. The first-order chi connectivity index (χ1) is 7.66. The summed E-state index contributed by atoms with van der Waals surface area (Å²) in [6.07, 6.45) is 3.47. The predicted molar refractivity (Wildman–Crippen MR) is 64.6 cm³/mol. The molecule has 0 aromatic carbocycles. The molecule has 84 valence electrons. The highest BCUT2D eigenvalue weighted by atomic mass is 35.5. The number of nitrogens with one attached hydrogen (secondary N) is 2. The third-order valence-electron chi connectivity index (χ3n) is 2.34. The molecule has 0 saturated heterocycles. The maximum atomic E-state index is 6.00. The lowest BCUT2D eigenvalue weighted by Gasteiger charge is -2.14. The number of halogens is 1. The van der Waals surface area contributed by atoms with E-state index in [1.54, 1.807) is 12.4 Å². The van der Waals surface area contributed by atoms with Gasteiger partial charge in [0.05, 0.1) is 17.4 Å². The van der Waals surface area contributed by atoms with Gasteiger partial charge in [-0.1, -0.05) is 11.6 Å². The van der Waals surface area contributed by atoms with Crippen molar-refractivity contribution in [1.29, 1.82) is 0 Å². The number of hydrogen-bond acceptors (Lipinski definition) is 3. The summed E-state index contributed by atoms with van der Waals surface area (Å²) >= 11 is 6.00. The molecule has 0 saturated carbocycles. The SMILES string of the molecule is Cc1cnc(Cl)c(NC(C)c2ccn[nH]2)c1. The average molecular weight is 237 g/mol. The van der Waals surface area contributed by atoms with Gasteiger partial charge in [0.15, 0.2) is 5.15 Å². The van der Waals surface area contributed by atoms with Gasteiger partial charge in [-0.25, -0.2) is 4.98 Å². The molecule has 0 aliphatic heterocycles. The third-order valence-corrected chi connectivity index (χ3v) is 2.64. The summed E-state index contributed by atoms with van der Waals surface area (Å²) in [7, 11) is 0. The number of aromatic amines is 1. The van der Waals surface area contributed by atoms with Crippen LogP contribution in [-0.2, 0) is 0 Å². The number of aryl methyl sites for hydroxylation is 1. The fraction of sp³-hybridized carbons (Fsp3) is 0.273. The molecule has 0 aliphatic rings.